The minimum Gasteiger partial charge on any atom is -0.454 e. The number of carbonyl (C=O) groups excluding carboxylic acids is 1. The van der Waals surface area contributed by atoms with Crippen molar-refractivity contribution >= 4 is 28.6 Å². The molecule has 1 heterocycles. The van der Waals surface area contributed by atoms with Gasteiger partial charge in [-0.1, -0.05) is 60.7 Å². The van der Waals surface area contributed by atoms with Gasteiger partial charge >= 0.3 is 5.97 Å². The van der Waals surface area contributed by atoms with E-state index in [2.05, 4.69) is 29.6 Å². The zero-order valence-electron chi connectivity index (χ0n) is 15.0. The number of carbonyl (C=O) groups is 1. The minimum absolute atomic E-state index is 0.171. The number of benzene rings is 2. The van der Waals surface area contributed by atoms with Crippen molar-refractivity contribution in [3.05, 3.63) is 71.8 Å². The van der Waals surface area contributed by atoms with Crippen LogP contribution in [0.5, 0.6) is 0 Å². The zero-order chi connectivity index (χ0) is 18.6. The first-order valence-corrected chi connectivity index (χ1v) is 10.4. The fraction of sp³-hybridized carbons (Fsp3) is 0.381. The Hall–Kier alpha value is -1.44. The number of hydrogen-bond acceptors (Lipinski definition) is 3. The molecule has 138 valence electrons. The molecule has 4 nitrogen and oxygen atoms in total. The summed E-state index contributed by atoms with van der Waals surface area (Å²) in [6.45, 7) is 1.88. The molecule has 1 saturated heterocycles. The monoisotopic (exact) mass is 466 g/mol. The van der Waals surface area contributed by atoms with Gasteiger partial charge in [0, 0.05) is 6.42 Å². The summed E-state index contributed by atoms with van der Waals surface area (Å²) < 4.78 is 7.72. The maximum atomic E-state index is 13.2. The number of likely N-dealkylation sites (tertiary alicyclic amines) is 1. The molecule has 0 aliphatic carbocycles. The average Bonchev–Trinajstić information content (AvgIpc) is 2.68. The van der Waals surface area contributed by atoms with Crippen LogP contribution in [0.15, 0.2) is 60.7 Å². The van der Waals surface area contributed by atoms with Crippen LogP contribution in [-0.2, 0) is 15.1 Å². The number of rotatable bonds is 5. The number of quaternary nitrogens is 1. The molecule has 2 atom stereocenters. The number of nitrogens with zero attached hydrogens (tertiary/aromatic N) is 1. The molecule has 0 spiro atoms. The second kappa shape index (κ2) is 8.06. The van der Waals surface area contributed by atoms with Crippen molar-refractivity contribution in [1.29, 1.82) is 0 Å². The normalized spacial score (nSPS) is 23.4. The van der Waals surface area contributed by atoms with Gasteiger partial charge in [0.05, 0.1) is 13.6 Å². The first-order valence-electron chi connectivity index (χ1n) is 8.92. The number of halogens is 1. The van der Waals surface area contributed by atoms with Gasteiger partial charge in [0.1, 0.15) is 11.1 Å². The Morgan fingerprint density at radius 1 is 1.15 bits per heavy atom. The van der Waals surface area contributed by atoms with Gasteiger partial charge < -0.3 is 14.3 Å². The Labute approximate surface area is 168 Å². The molecular formula is C21H25INO3+. The summed E-state index contributed by atoms with van der Waals surface area (Å²) in [6.07, 6.45) is 1.69. The highest BCUT2D eigenvalue weighted by Gasteiger charge is 2.44. The van der Waals surface area contributed by atoms with Crippen LogP contribution in [0.3, 0.4) is 0 Å². The fourth-order valence-electron chi connectivity index (χ4n) is 3.58. The lowest BCUT2D eigenvalue weighted by Gasteiger charge is -2.40. The highest BCUT2D eigenvalue weighted by atomic mass is 127. The standard InChI is InChI=1S/C21H25INO3/c1-23(16-22)14-8-13-19(15-23)26-20(24)21(25,17-9-4-2-5-10-17)18-11-6-3-7-12-18/h2-7,9-12,19,25H,8,13-16H2,1H3/q+1. The largest absolute Gasteiger partial charge is 0.454 e. The predicted octanol–water partition coefficient (Wildman–Crippen LogP) is 3.47. The average molecular weight is 466 g/mol. The van der Waals surface area contributed by atoms with Gasteiger partial charge in [0.2, 0.25) is 5.60 Å². The van der Waals surface area contributed by atoms with E-state index in [-0.39, 0.29) is 6.10 Å². The van der Waals surface area contributed by atoms with Crippen molar-refractivity contribution < 1.29 is 19.1 Å². The van der Waals surface area contributed by atoms with Crippen molar-refractivity contribution in [3.8, 4) is 0 Å². The van der Waals surface area contributed by atoms with E-state index in [9.17, 15) is 9.90 Å². The van der Waals surface area contributed by atoms with Gasteiger partial charge in [-0.05, 0) is 40.1 Å². The summed E-state index contributed by atoms with van der Waals surface area (Å²) in [5.41, 5.74) is -0.746. The van der Waals surface area contributed by atoms with E-state index in [4.69, 9.17) is 4.74 Å². The Morgan fingerprint density at radius 3 is 2.19 bits per heavy atom. The van der Waals surface area contributed by atoms with Gasteiger partial charge in [-0.2, -0.15) is 0 Å². The summed E-state index contributed by atoms with van der Waals surface area (Å²) in [6, 6.07) is 18.1. The van der Waals surface area contributed by atoms with Gasteiger partial charge in [-0.3, -0.25) is 0 Å². The van der Waals surface area contributed by atoms with Crippen LogP contribution in [0.4, 0.5) is 0 Å². The Balaban J connectivity index is 1.89. The molecule has 1 fully saturated rings. The molecular weight excluding hydrogens is 441 g/mol. The molecule has 0 saturated carbocycles. The number of esters is 1. The lowest BCUT2D eigenvalue weighted by molar-refractivity contribution is -0.901. The van der Waals surface area contributed by atoms with Crippen molar-refractivity contribution in [1.82, 2.24) is 0 Å². The third kappa shape index (κ3) is 3.94. The number of ether oxygens (including phenoxy) is 1. The van der Waals surface area contributed by atoms with Crippen LogP contribution < -0.4 is 0 Å². The second-order valence-corrected chi connectivity index (χ2v) is 7.94. The fourth-order valence-corrected chi connectivity index (χ4v) is 4.20. The summed E-state index contributed by atoms with van der Waals surface area (Å²) in [7, 11) is 2.19. The van der Waals surface area contributed by atoms with Gasteiger partial charge in [0.15, 0.2) is 6.10 Å². The molecule has 0 radical (unpaired) electrons. The van der Waals surface area contributed by atoms with E-state index >= 15 is 0 Å². The van der Waals surface area contributed by atoms with Crippen LogP contribution in [0.25, 0.3) is 0 Å². The lowest BCUT2D eigenvalue weighted by atomic mass is 9.86. The molecule has 1 aliphatic rings. The van der Waals surface area contributed by atoms with E-state index in [1.54, 1.807) is 24.3 Å². The van der Waals surface area contributed by atoms with E-state index in [1.807, 2.05) is 36.4 Å². The quantitative estimate of drug-likeness (QED) is 0.242. The molecule has 2 aromatic rings. The van der Waals surface area contributed by atoms with Crippen molar-refractivity contribution in [3.63, 3.8) is 0 Å². The number of hydrogen-bond donors (Lipinski definition) is 1. The molecule has 2 aromatic carbocycles. The van der Waals surface area contributed by atoms with Crippen LogP contribution >= 0.6 is 22.6 Å². The smallest absolute Gasteiger partial charge is 0.348 e. The Kier molecular flexibility index (Phi) is 5.99. The van der Waals surface area contributed by atoms with Gasteiger partial charge in [0.25, 0.3) is 0 Å². The summed E-state index contributed by atoms with van der Waals surface area (Å²) >= 11 is 2.38. The number of piperidine rings is 1. The summed E-state index contributed by atoms with van der Waals surface area (Å²) in [5.74, 6) is -0.596. The number of aliphatic hydroxyl groups is 1. The first kappa shape index (κ1) is 19.3. The first-order chi connectivity index (χ1) is 12.5. The van der Waals surface area contributed by atoms with Crippen molar-refractivity contribution in [2.45, 2.75) is 24.5 Å². The maximum absolute atomic E-state index is 13.2. The van der Waals surface area contributed by atoms with Crippen LogP contribution in [0.1, 0.15) is 24.0 Å². The van der Waals surface area contributed by atoms with E-state index in [0.717, 1.165) is 35.0 Å². The molecule has 1 N–H and O–H groups in total. The van der Waals surface area contributed by atoms with Gasteiger partial charge in [-0.15, -0.1) is 0 Å². The number of alkyl halides is 1. The summed E-state index contributed by atoms with van der Waals surface area (Å²) in [5, 5.41) is 11.5. The maximum Gasteiger partial charge on any atom is 0.348 e. The topological polar surface area (TPSA) is 46.5 Å². The molecule has 1 aliphatic heterocycles. The zero-order valence-corrected chi connectivity index (χ0v) is 17.1. The molecule has 3 rings (SSSR count). The highest BCUT2D eigenvalue weighted by molar-refractivity contribution is 14.1. The molecule has 0 amide bonds. The Bertz CT molecular complexity index is 698. The Morgan fingerprint density at radius 2 is 1.69 bits per heavy atom. The van der Waals surface area contributed by atoms with Gasteiger partial charge in [-0.25, -0.2) is 4.79 Å². The molecule has 0 aromatic heterocycles. The third-order valence-electron chi connectivity index (χ3n) is 5.11. The highest BCUT2D eigenvalue weighted by Crippen LogP contribution is 2.32. The van der Waals surface area contributed by atoms with Crippen LogP contribution in [-0.4, -0.2) is 46.4 Å². The van der Waals surface area contributed by atoms with Crippen molar-refractivity contribution in [2.24, 2.45) is 0 Å². The molecule has 0 bridgehead atoms. The molecule has 26 heavy (non-hydrogen) atoms. The number of likely N-dealkylation sites (N-methyl/N-ethyl adjacent to an activating group) is 1. The van der Waals surface area contributed by atoms with Crippen LogP contribution in [0.2, 0.25) is 0 Å². The van der Waals surface area contributed by atoms with E-state index < -0.39 is 11.6 Å². The van der Waals surface area contributed by atoms with Crippen LogP contribution in [0, 0.1) is 0 Å². The lowest BCUT2D eigenvalue weighted by Crippen LogP contribution is -2.54. The predicted molar refractivity (Wildman–Crippen MR) is 110 cm³/mol. The molecule has 5 heteroatoms. The SMILES string of the molecule is C[N+]1(CI)CCCC(OC(=O)C(O)(c2ccccc2)c2ccccc2)C1. The second-order valence-electron chi connectivity index (χ2n) is 7.26. The third-order valence-corrected chi connectivity index (χ3v) is 6.76. The summed E-state index contributed by atoms with van der Waals surface area (Å²) in [4.78, 5) is 13.2. The minimum atomic E-state index is -1.80. The van der Waals surface area contributed by atoms with Crippen molar-refractivity contribution in [2.75, 3.05) is 24.7 Å². The van der Waals surface area contributed by atoms with E-state index in [1.165, 1.54) is 0 Å². The van der Waals surface area contributed by atoms with E-state index in [0.29, 0.717) is 11.1 Å². The molecule has 2 unspecified atom stereocenters.